The SMILES string of the molecule is CC(C)n1c(O)c2n(c1=O)Cc1ncn(Cc3ccccc3)c1C2. The number of hydrogen-bond acceptors (Lipinski definition) is 3. The summed E-state index contributed by atoms with van der Waals surface area (Å²) in [6.45, 7) is 4.94. The van der Waals surface area contributed by atoms with Crippen molar-refractivity contribution >= 4 is 0 Å². The van der Waals surface area contributed by atoms with Crippen LogP contribution in [0.3, 0.4) is 0 Å². The molecule has 1 aliphatic rings. The summed E-state index contributed by atoms with van der Waals surface area (Å²) in [4.78, 5) is 17.0. The zero-order chi connectivity index (χ0) is 16.8. The van der Waals surface area contributed by atoms with E-state index in [1.54, 1.807) is 4.57 Å². The summed E-state index contributed by atoms with van der Waals surface area (Å²) in [6.07, 6.45) is 2.34. The number of rotatable bonds is 3. The fourth-order valence-electron chi connectivity index (χ4n) is 3.41. The van der Waals surface area contributed by atoms with Gasteiger partial charge in [0, 0.05) is 24.7 Å². The van der Waals surface area contributed by atoms with Gasteiger partial charge >= 0.3 is 5.69 Å². The van der Waals surface area contributed by atoms with E-state index in [9.17, 15) is 9.90 Å². The summed E-state index contributed by atoms with van der Waals surface area (Å²) in [5.41, 5.74) is 3.68. The second kappa shape index (κ2) is 5.40. The van der Waals surface area contributed by atoms with Gasteiger partial charge in [0.15, 0.2) is 0 Å². The van der Waals surface area contributed by atoms with Gasteiger partial charge in [-0.05, 0) is 19.4 Å². The van der Waals surface area contributed by atoms with Crippen LogP contribution in [0.15, 0.2) is 41.5 Å². The molecular weight excluding hydrogens is 304 g/mol. The van der Waals surface area contributed by atoms with Crippen LogP contribution in [0.2, 0.25) is 0 Å². The van der Waals surface area contributed by atoms with E-state index in [1.165, 1.54) is 10.1 Å². The molecule has 0 atom stereocenters. The Morgan fingerprint density at radius 1 is 1.21 bits per heavy atom. The van der Waals surface area contributed by atoms with E-state index in [2.05, 4.69) is 21.7 Å². The molecule has 3 aromatic rings. The molecule has 0 radical (unpaired) electrons. The minimum atomic E-state index is -0.166. The number of aromatic nitrogens is 4. The molecule has 0 fully saturated rings. The van der Waals surface area contributed by atoms with Crippen molar-refractivity contribution in [1.82, 2.24) is 18.7 Å². The third-order valence-corrected chi connectivity index (χ3v) is 4.64. The van der Waals surface area contributed by atoms with Crippen molar-refractivity contribution in [3.63, 3.8) is 0 Å². The Balaban J connectivity index is 1.73. The van der Waals surface area contributed by atoms with Crippen molar-refractivity contribution in [2.45, 2.75) is 39.4 Å². The number of aromatic hydroxyl groups is 1. The molecule has 3 heterocycles. The van der Waals surface area contributed by atoms with Gasteiger partial charge in [-0.1, -0.05) is 30.3 Å². The van der Waals surface area contributed by atoms with Crippen LogP contribution in [0.4, 0.5) is 0 Å². The Morgan fingerprint density at radius 3 is 2.67 bits per heavy atom. The van der Waals surface area contributed by atoms with Crippen molar-refractivity contribution < 1.29 is 5.11 Å². The lowest BCUT2D eigenvalue weighted by molar-refractivity contribution is 0.391. The van der Waals surface area contributed by atoms with Crippen LogP contribution in [0, 0.1) is 0 Å². The first-order valence-electron chi connectivity index (χ1n) is 8.16. The minimum Gasteiger partial charge on any atom is -0.493 e. The maximum atomic E-state index is 12.5. The van der Waals surface area contributed by atoms with Crippen LogP contribution in [-0.4, -0.2) is 23.8 Å². The Labute approximate surface area is 139 Å². The minimum absolute atomic E-state index is 0.0747. The van der Waals surface area contributed by atoms with E-state index in [0.29, 0.717) is 18.7 Å². The maximum Gasteiger partial charge on any atom is 0.331 e. The number of hydrogen-bond donors (Lipinski definition) is 1. The molecule has 0 bridgehead atoms. The lowest BCUT2D eigenvalue weighted by Crippen LogP contribution is -2.29. The molecule has 124 valence electrons. The Kier molecular flexibility index (Phi) is 3.33. The van der Waals surface area contributed by atoms with Crippen LogP contribution >= 0.6 is 0 Å². The molecule has 0 aliphatic carbocycles. The number of imidazole rings is 2. The van der Waals surface area contributed by atoms with E-state index >= 15 is 0 Å². The predicted octanol–water partition coefficient (Wildman–Crippen LogP) is 2.13. The lowest BCUT2D eigenvalue weighted by Gasteiger charge is -2.16. The molecule has 0 saturated carbocycles. The Bertz CT molecular complexity index is 948. The van der Waals surface area contributed by atoms with E-state index in [-0.39, 0.29) is 17.6 Å². The number of nitrogens with zero attached hydrogens (tertiary/aromatic N) is 4. The van der Waals surface area contributed by atoms with E-state index < -0.39 is 0 Å². The topological polar surface area (TPSA) is 65.0 Å². The van der Waals surface area contributed by atoms with Crippen molar-refractivity contribution in [3.05, 3.63) is 69.8 Å². The van der Waals surface area contributed by atoms with Crippen LogP contribution in [0.5, 0.6) is 5.88 Å². The van der Waals surface area contributed by atoms with Gasteiger partial charge in [-0.25, -0.2) is 9.78 Å². The second-order valence-corrected chi connectivity index (χ2v) is 6.53. The van der Waals surface area contributed by atoms with Crippen LogP contribution in [0.1, 0.15) is 42.5 Å². The number of benzene rings is 1. The van der Waals surface area contributed by atoms with Gasteiger partial charge in [-0.3, -0.25) is 9.13 Å². The van der Waals surface area contributed by atoms with Gasteiger partial charge < -0.3 is 9.67 Å². The van der Waals surface area contributed by atoms with Gasteiger partial charge in [0.2, 0.25) is 5.88 Å². The molecule has 6 nitrogen and oxygen atoms in total. The second-order valence-electron chi connectivity index (χ2n) is 6.53. The van der Waals surface area contributed by atoms with Crippen LogP contribution < -0.4 is 5.69 Å². The highest BCUT2D eigenvalue weighted by atomic mass is 16.3. The fraction of sp³-hybridized carbons (Fsp3) is 0.333. The molecule has 2 aromatic heterocycles. The summed E-state index contributed by atoms with van der Waals surface area (Å²) in [7, 11) is 0. The average molecular weight is 324 g/mol. The van der Waals surface area contributed by atoms with E-state index in [0.717, 1.165) is 17.9 Å². The Hall–Kier alpha value is -2.76. The largest absolute Gasteiger partial charge is 0.493 e. The van der Waals surface area contributed by atoms with Gasteiger partial charge in [0.25, 0.3) is 0 Å². The summed E-state index contributed by atoms with van der Waals surface area (Å²) in [6, 6.07) is 10.1. The van der Waals surface area contributed by atoms with E-state index in [4.69, 9.17) is 0 Å². The molecule has 1 N–H and O–H groups in total. The highest BCUT2D eigenvalue weighted by Gasteiger charge is 2.28. The summed E-state index contributed by atoms with van der Waals surface area (Å²) in [5, 5.41) is 10.5. The normalized spacial score (nSPS) is 13.1. The first kappa shape index (κ1) is 14.8. The lowest BCUT2D eigenvalue weighted by atomic mass is 10.1. The highest BCUT2D eigenvalue weighted by Crippen LogP contribution is 2.28. The summed E-state index contributed by atoms with van der Waals surface area (Å²) in [5.74, 6) is 0.0770. The molecule has 4 rings (SSSR count). The smallest absolute Gasteiger partial charge is 0.331 e. The Morgan fingerprint density at radius 2 is 1.96 bits per heavy atom. The number of fused-ring (bicyclic) bond motifs is 2. The molecule has 0 unspecified atom stereocenters. The standard InChI is InChI=1S/C18H20N4O2/c1-12(2)22-17(23)16-8-15-14(10-21(16)18(22)24)19-11-20(15)9-13-6-4-3-5-7-13/h3-7,11-12,23H,8-10H2,1-2H3. The molecule has 24 heavy (non-hydrogen) atoms. The van der Waals surface area contributed by atoms with E-state index in [1.807, 2.05) is 38.4 Å². The van der Waals surface area contributed by atoms with Crippen molar-refractivity contribution in [1.29, 1.82) is 0 Å². The monoisotopic (exact) mass is 324 g/mol. The third kappa shape index (κ3) is 2.18. The van der Waals surface area contributed by atoms with Gasteiger partial charge in [-0.15, -0.1) is 0 Å². The fourth-order valence-corrected chi connectivity index (χ4v) is 3.41. The molecule has 0 saturated heterocycles. The molecule has 0 spiro atoms. The average Bonchev–Trinajstić information content (AvgIpc) is 3.06. The van der Waals surface area contributed by atoms with Gasteiger partial charge in [0.05, 0.1) is 24.3 Å². The molecule has 1 aromatic carbocycles. The zero-order valence-corrected chi connectivity index (χ0v) is 13.8. The molecular formula is C18H20N4O2. The third-order valence-electron chi connectivity index (χ3n) is 4.64. The van der Waals surface area contributed by atoms with Gasteiger partial charge in [0.1, 0.15) is 0 Å². The van der Waals surface area contributed by atoms with Crippen LogP contribution in [0.25, 0.3) is 0 Å². The highest BCUT2D eigenvalue weighted by molar-refractivity contribution is 5.33. The summed E-state index contributed by atoms with van der Waals surface area (Å²) < 4.78 is 5.19. The first-order chi connectivity index (χ1) is 11.6. The first-order valence-corrected chi connectivity index (χ1v) is 8.16. The molecule has 6 heteroatoms. The van der Waals surface area contributed by atoms with Crippen molar-refractivity contribution in [2.75, 3.05) is 0 Å². The van der Waals surface area contributed by atoms with Gasteiger partial charge in [-0.2, -0.15) is 0 Å². The predicted molar refractivity (Wildman–Crippen MR) is 90.4 cm³/mol. The summed E-state index contributed by atoms with van der Waals surface area (Å²) >= 11 is 0. The molecule has 1 aliphatic heterocycles. The van der Waals surface area contributed by atoms with Crippen LogP contribution in [-0.2, 0) is 19.5 Å². The van der Waals surface area contributed by atoms with Crippen molar-refractivity contribution in [3.8, 4) is 5.88 Å². The van der Waals surface area contributed by atoms with Crippen molar-refractivity contribution in [2.24, 2.45) is 0 Å². The quantitative estimate of drug-likeness (QED) is 0.628. The molecule has 0 amide bonds. The maximum absolute atomic E-state index is 12.5. The zero-order valence-electron chi connectivity index (χ0n) is 13.8.